The predicted octanol–water partition coefficient (Wildman–Crippen LogP) is 8.22. The van der Waals surface area contributed by atoms with E-state index in [0.29, 0.717) is 32.7 Å². The molecule has 1 amide bonds. The number of benzene rings is 3. The van der Waals surface area contributed by atoms with Crippen LogP contribution in [-0.4, -0.2) is 19.2 Å². The molecule has 0 radical (unpaired) electrons. The minimum absolute atomic E-state index is 0.147. The van der Waals surface area contributed by atoms with Crippen molar-refractivity contribution in [3.05, 3.63) is 88.0 Å². The minimum Gasteiger partial charge on any atom is -0.493 e. The van der Waals surface area contributed by atoms with Gasteiger partial charge in [-0.05, 0) is 92.1 Å². The molecule has 0 aliphatic heterocycles. The summed E-state index contributed by atoms with van der Waals surface area (Å²) in [7, 11) is 1.55. The Labute approximate surface area is 241 Å². The Bertz CT molecular complexity index is 1460. The quantitative estimate of drug-likeness (QED) is 0.117. The van der Waals surface area contributed by atoms with Crippen LogP contribution in [0.3, 0.4) is 0 Å². The zero-order valence-electron chi connectivity index (χ0n) is 17.9. The monoisotopic (exact) mass is 750 g/mol. The van der Waals surface area contributed by atoms with Gasteiger partial charge < -0.3 is 13.9 Å². The lowest BCUT2D eigenvalue weighted by Crippen LogP contribution is -2.16. The highest BCUT2D eigenvalue weighted by atomic mass is 127. The van der Waals surface area contributed by atoms with E-state index in [1.54, 1.807) is 31.4 Å². The van der Waals surface area contributed by atoms with E-state index in [-0.39, 0.29) is 12.4 Å². The molecule has 0 bridgehead atoms. The highest BCUT2D eigenvalue weighted by molar-refractivity contribution is 14.1. The van der Waals surface area contributed by atoms with Crippen molar-refractivity contribution in [1.82, 2.24) is 5.43 Å². The number of rotatable bonds is 7. The number of ether oxygens (including phenoxy) is 2. The molecule has 0 saturated carbocycles. The third kappa shape index (κ3) is 6.32. The molecule has 0 saturated heterocycles. The molecule has 0 aliphatic carbocycles. The lowest BCUT2D eigenvalue weighted by Gasteiger charge is -2.14. The predicted molar refractivity (Wildman–Crippen MR) is 153 cm³/mol. The number of hydrogen-bond donors (Lipinski definition) is 1. The van der Waals surface area contributed by atoms with Gasteiger partial charge in [-0.1, -0.05) is 45.2 Å². The molecule has 0 fully saturated rings. The maximum absolute atomic E-state index is 12.5. The molecule has 4 aromatic rings. The Morgan fingerprint density at radius 2 is 1.94 bits per heavy atom. The summed E-state index contributed by atoms with van der Waals surface area (Å²) in [5, 5.41) is 5.79. The van der Waals surface area contributed by atoms with E-state index in [1.807, 2.05) is 24.3 Å². The lowest BCUT2D eigenvalue weighted by atomic mass is 10.2. The summed E-state index contributed by atoms with van der Waals surface area (Å²) in [6, 6.07) is 14.3. The molecular formula is C24H15Br2Cl2IN2O4. The van der Waals surface area contributed by atoms with Crippen LogP contribution in [0.25, 0.3) is 11.0 Å². The lowest BCUT2D eigenvalue weighted by molar-refractivity contribution is 0.0929. The van der Waals surface area contributed by atoms with Gasteiger partial charge in [0.15, 0.2) is 17.3 Å². The van der Waals surface area contributed by atoms with Gasteiger partial charge in [0.1, 0.15) is 12.2 Å². The van der Waals surface area contributed by atoms with Crippen molar-refractivity contribution in [1.29, 1.82) is 0 Å². The summed E-state index contributed by atoms with van der Waals surface area (Å²) in [6.07, 6.45) is 1.51. The third-order valence-electron chi connectivity index (χ3n) is 4.76. The minimum atomic E-state index is -0.469. The molecule has 0 unspecified atom stereocenters. The van der Waals surface area contributed by atoms with Crippen LogP contribution in [0.4, 0.5) is 0 Å². The van der Waals surface area contributed by atoms with Crippen molar-refractivity contribution in [2.75, 3.05) is 7.11 Å². The standard InChI is InChI=1S/C24H15Br2Cl2IN2O4/c1-33-20-6-13(5-19(29)23(20)34-11-12-2-3-17(27)18(28)4-12)10-30-31-24(32)21-8-14-7-15(25)9-16(26)22(14)35-21/h2-10H,11H2,1H3,(H,31,32)/b30-10-. The number of halogens is 5. The summed E-state index contributed by atoms with van der Waals surface area (Å²) in [6.45, 7) is 0.289. The van der Waals surface area contributed by atoms with Crippen molar-refractivity contribution in [2.45, 2.75) is 6.61 Å². The molecule has 0 aliphatic rings. The van der Waals surface area contributed by atoms with E-state index in [0.717, 1.165) is 23.5 Å². The van der Waals surface area contributed by atoms with Gasteiger partial charge in [0.2, 0.25) is 0 Å². The molecule has 4 rings (SSSR count). The molecule has 35 heavy (non-hydrogen) atoms. The van der Waals surface area contributed by atoms with Crippen LogP contribution < -0.4 is 14.9 Å². The van der Waals surface area contributed by atoms with Crippen LogP contribution in [0.5, 0.6) is 11.5 Å². The van der Waals surface area contributed by atoms with Gasteiger partial charge in [-0.25, -0.2) is 5.43 Å². The molecule has 1 aromatic heterocycles. The fraction of sp³-hybridized carbons (Fsp3) is 0.0833. The van der Waals surface area contributed by atoms with Crippen LogP contribution in [0.2, 0.25) is 10.0 Å². The fourth-order valence-corrected chi connectivity index (χ4v) is 5.59. The molecule has 11 heteroatoms. The summed E-state index contributed by atoms with van der Waals surface area (Å²) < 4.78 is 19.6. The number of furan rings is 1. The van der Waals surface area contributed by atoms with E-state index >= 15 is 0 Å². The summed E-state index contributed by atoms with van der Waals surface area (Å²) >= 11 is 21.1. The zero-order chi connectivity index (χ0) is 25.1. The first kappa shape index (κ1) is 26.3. The summed E-state index contributed by atoms with van der Waals surface area (Å²) in [4.78, 5) is 12.5. The van der Waals surface area contributed by atoms with Gasteiger partial charge in [-0.3, -0.25) is 4.79 Å². The molecule has 0 atom stereocenters. The summed E-state index contributed by atoms with van der Waals surface area (Å²) in [5.41, 5.74) is 4.65. The first-order chi connectivity index (χ1) is 16.7. The van der Waals surface area contributed by atoms with Gasteiger partial charge in [0.25, 0.3) is 0 Å². The molecule has 1 heterocycles. The third-order valence-corrected chi connectivity index (χ3v) is 7.35. The number of nitrogens with one attached hydrogen (secondary N) is 1. The van der Waals surface area contributed by atoms with E-state index in [9.17, 15) is 4.79 Å². The van der Waals surface area contributed by atoms with Crippen molar-refractivity contribution in [3.8, 4) is 11.5 Å². The molecule has 180 valence electrons. The number of carbonyl (C=O) groups excluding carboxylic acids is 1. The molecule has 3 aromatic carbocycles. The molecular weight excluding hydrogens is 738 g/mol. The number of hydrogen-bond acceptors (Lipinski definition) is 5. The van der Waals surface area contributed by atoms with Crippen molar-refractivity contribution in [2.24, 2.45) is 5.10 Å². The Morgan fingerprint density at radius 3 is 2.69 bits per heavy atom. The summed E-state index contributed by atoms with van der Waals surface area (Å²) in [5.74, 6) is 0.787. The Morgan fingerprint density at radius 1 is 1.14 bits per heavy atom. The number of fused-ring (bicyclic) bond motifs is 1. The van der Waals surface area contributed by atoms with Gasteiger partial charge in [0, 0.05) is 9.86 Å². The highest BCUT2D eigenvalue weighted by Gasteiger charge is 2.15. The van der Waals surface area contributed by atoms with Gasteiger partial charge in [-0.2, -0.15) is 5.10 Å². The second-order valence-electron chi connectivity index (χ2n) is 7.19. The number of methoxy groups -OCH3 is 1. The second kappa shape index (κ2) is 11.5. The van der Waals surface area contributed by atoms with E-state index in [1.165, 1.54) is 6.21 Å². The number of hydrazone groups is 1. The Balaban J connectivity index is 1.45. The Kier molecular flexibility index (Phi) is 8.64. The average molecular weight is 753 g/mol. The first-order valence-corrected chi connectivity index (χ1v) is 13.3. The molecule has 6 nitrogen and oxygen atoms in total. The largest absolute Gasteiger partial charge is 0.493 e. The van der Waals surface area contributed by atoms with Crippen LogP contribution in [0.1, 0.15) is 21.7 Å². The second-order valence-corrected chi connectivity index (χ2v) is 10.9. The number of carbonyl (C=O) groups is 1. The van der Waals surface area contributed by atoms with Crippen LogP contribution >= 0.6 is 77.7 Å². The van der Waals surface area contributed by atoms with E-state index < -0.39 is 5.91 Å². The van der Waals surface area contributed by atoms with Crippen molar-refractivity contribution < 1.29 is 18.7 Å². The van der Waals surface area contributed by atoms with Crippen LogP contribution in [0, 0.1) is 3.57 Å². The average Bonchev–Trinajstić information content (AvgIpc) is 3.25. The van der Waals surface area contributed by atoms with E-state index in [4.69, 9.17) is 37.1 Å². The first-order valence-electron chi connectivity index (χ1n) is 9.91. The molecule has 0 spiro atoms. The van der Waals surface area contributed by atoms with Gasteiger partial charge in [-0.15, -0.1) is 0 Å². The smallest absolute Gasteiger partial charge is 0.307 e. The van der Waals surface area contributed by atoms with Gasteiger partial charge >= 0.3 is 5.91 Å². The number of amides is 1. The normalized spacial score (nSPS) is 11.3. The van der Waals surface area contributed by atoms with Crippen molar-refractivity contribution in [3.63, 3.8) is 0 Å². The maximum Gasteiger partial charge on any atom is 0.307 e. The van der Waals surface area contributed by atoms with Crippen LogP contribution in [0.15, 0.2) is 67.0 Å². The van der Waals surface area contributed by atoms with Crippen LogP contribution in [-0.2, 0) is 6.61 Å². The highest BCUT2D eigenvalue weighted by Crippen LogP contribution is 2.35. The SMILES string of the molecule is COc1cc(/C=N\NC(=O)c2cc3cc(Br)cc(Br)c3o2)cc(I)c1OCc1ccc(Cl)c(Cl)c1. The number of nitrogens with zero attached hydrogens (tertiary/aromatic N) is 1. The maximum atomic E-state index is 12.5. The zero-order valence-corrected chi connectivity index (χ0v) is 24.7. The fourth-order valence-electron chi connectivity index (χ4n) is 3.15. The van der Waals surface area contributed by atoms with Crippen molar-refractivity contribution >= 4 is 101 Å². The topological polar surface area (TPSA) is 73.1 Å². The Hall–Kier alpha value is -1.79. The molecule has 1 N–H and O–H groups in total. The van der Waals surface area contributed by atoms with Gasteiger partial charge in [0.05, 0.1) is 31.4 Å². The van der Waals surface area contributed by atoms with E-state index in [2.05, 4.69) is 65.0 Å².